The average molecular weight is 286 g/mol. The van der Waals surface area contributed by atoms with Crippen LogP contribution in [-0.2, 0) is 6.61 Å². The summed E-state index contributed by atoms with van der Waals surface area (Å²) in [5, 5.41) is 10.6. The summed E-state index contributed by atoms with van der Waals surface area (Å²) < 4.78 is 5.65. The van der Waals surface area contributed by atoms with Crippen molar-refractivity contribution in [1.29, 1.82) is 0 Å². The van der Waals surface area contributed by atoms with Gasteiger partial charge in [-0.1, -0.05) is 19.1 Å². The molecule has 0 fully saturated rings. The fourth-order valence-corrected chi connectivity index (χ4v) is 1.93. The molecular formula is C16H18N2O3. The molecule has 21 heavy (non-hydrogen) atoms. The fourth-order valence-electron chi connectivity index (χ4n) is 1.93. The Kier molecular flexibility index (Phi) is 4.90. The SMILES string of the molecule is CCC(N)c1ccc(OCc2ccc([N+](=O)[O-])cc2)cc1. The lowest BCUT2D eigenvalue weighted by Gasteiger charge is -2.11. The Balaban J connectivity index is 1.95. The van der Waals surface area contributed by atoms with Gasteiger partial charge in [0.1, 0.15) is 12.4 Å². The Morgan fingerprint density at radius 3 is 2.29 bits per heavy atom. The molecule has 0 amide bonds. The van der Waals surface area contributed by atoms with Crippen LogP contribution in [0.1, 0.15) is 30.5 Å². The number of nitro groups is 1. The minimum atomic E-state index is -0.416. The maximum Gasteiger partial charge on any atom is 0.269 e. The van der Waals surface area contributed by atoms with E-state index in [9.17, 15) is 10.1 Å². The van der Waals surface area contributed by atoms with Crippen LogP contribution in [-0.4, -0.2) is 4.92 Å². The van der Waals surface area contributed by atoms with Gasteiger partial charge in [-0.2, -0.15) is 0 Å². The Bertz CT molecular complexity index is 594. The van der Waals surface area contributed by atoms with E-state index in [-0.39, 0.29) is 11.7 Å². The number of ether oxygens (including phenoxy) is 1. The first-order valence-electron chi connectivity index (χ1n) is 6.82. The quantitative estimate of drug-likeness (QED) is 0.650. The molecule has 2 aromatic carbocycles. The summed E-state index contributed by atoms with van der Waals surface area (Å²) in [6, 6.07) is 14.1. The molecule has 5 heteroatoms. The summed E-state index contributed by atoms with van der Waals surface area (Å²) in [5.41, 5.74) is 8.00. The molecule has 0 aliphatic carbocycles. The summed E-state index contributed by atoms with van der Waals surface area (Å²) in [6.07, 6.45) is 0.892. The number of nitrogens with two attached hydrogens (primary N) is 1. The predicted octanol–water partition coefficient (Wildman–Crippen LogP) is 3.58. The first-order valence-corrected chi connectivity index (χ1v) is 6.82. The zero-order chi connectivity index (χ0) is 15.2. The van der Waals surface area contributed by atoms with Gasteiger partial charge < -0.3 is 10.5 Å². The molecule has 0 radical (unpaired) electrons. The van der Waals surface area contributed by atoms with Gasteiger partial charge in [0.2, 0.25) is 0 Å². The van der Waals surface area contributed by atoms with Crippen LogP contribution in [0.25, 0.3) is 0 Å². The Hall–Kier alpha value is -2.40. The first kappa shape index (κ1) is 15.0. The van der Waals surface area contributed by atoms with Crippen molar-refractivity contribution in [3.8, 4) is 5.75 Å². The third kappa shape index (κ3) is 4.03. The second kappa shape index (κ2) is 6.85. The highest BCUT2D eigenvalue weighted by atomic mass is 16.6. The molecule has 0 aliphatic rings. The van der Waals surface area contributed by atoms with Crippen LogP contribution in [0.15, 0.2) is 48.5 Å². The van der Waals surface area contributed by atoms with E-state index >= 15 is 0 Å². The minimum absolute atomic E-state index is 0.0497. The Morgan fingerprint density at radius 1 is 1.14 bits per heavy atom. The molecule has 0 bridgehead atoms. The number of non-ortho nitro benzene ring substituents is 1. The molecule has 0 saturated heterocycles. The average Bonchev–Trinajstić information content (AvgIpc) is 2.53. The largest absolute Gasteiger partial charge is 0.489 e. The van der Waals surface area contributed by atoms with E-state index in [1.807, 2.05) is 31.2 Å². The highest BCUT2D eigenvalue weighted by Crippen LogP contribution is 2.19. The van der Waals surface area contributed by atoms with Gasteiger partial charge in [-0.15, -0.1) is 0 Å². The molecule has 2 aromatic rings. The van der Waals surface area contributed by atoms with E-state index in [2.05, 4.69) is 0 Å². The molecule has 0 aromatic heterocycles. The molecular weight excluding hydrogens is 268 g/mol. The van der Waals surface area contributed by atoms with Crippen molar-refractivity contribution in [2.45, 2.75) is 26.0 Å². The highest BCUT2D eigenvalue weighted by Gasteiger charge is 2.05. The summed E-state index contributed by atoms with van der Waals surface area (Å²) in [4.78, 5) is 10.2. The van der Waals surface area contributed by atoms with Gasteiger partial charge >= 0.3 is 0 Å². The second-order valence-electron chi connectivity index (χ2n) is 4.80. The standard InChI is InChI=1S/C16H18N2O3/c1-2-16(17)13-5-9-15(10-6-13)21-11-12-3-7-14(8-4-12)18(19)20/h3-10,16H,2,11,17H2,1H3. The topological polar surface area (TPSA) is 78.4 Å². The van der Waals surface area contributed by atoms with Crippen molar-refractivity contribution < 1.29 is 9.66 Å². The van der Waals surface area contributed by atoms with Crippen LogP contribution in [0.5, 0.6) is 5.75 Å². The zero-order valence-corrected chi connectivity index (χ0v) is 11.9. The van der Waals surface area contributed by atoms with Crippen LogP contribution < -0.4 is 10.5 Å². The van der Waals surface area contributed by atoms with Gasteiger partial charge in [0.15, 0.2) is 0 Å². The lowest BCUT2D eigenvalue weighted by Crippen LogP contribution is -2.08. The number of nitro benzene ring substituents is 1. The predicted molar refractivity (Wildman–Crippen MR) is 81.1 cm³/mol. The molecule has 1 atom stereocenters. The fraction of sp³-hybridized carbons (Fsp3) is 0.250. The van der Waals surface area contributed by atoms with Crippen molar-refractivity contribution in [2.24, 2.45) is 5.73 Å². The summed E-state index contributed by atoms with van der Waals surface area (Å²) >= 11 is 0. The Morgan fingerprint density at radius 2 is 1.76 bits per heavy atom. The number of hydrogen-bond acceptors (Lipinski definition) is 4. The van der Waals surface area contributed by atoms with Gasteiger partial charge in [0.05, 0.1) is 4.92 Å². The molecule has 2 rings (SSSR count). The zero-order valence-electron chi connectivity index (χ0n) is 11.9. The maximum atomic E-state index is 10.6. The van der Waals surface area contributed by atoms with Gasteiger partial charge in [0.25, 0.3) is 5.69 Å². The van der Waals surface area contributed by atoms with Crippen LogP contribution in [0.4, 0.5) is 5.69 Å². The van der Waals surface area contributed by atoms with E-state index in [4.69, 9.17) is 10.5 Å². The third-order valence-corrected chi connectivity index (χ3v) is 3.30. The smallest absolute Gasteiger partial charge is 0.269 e. The monoisotopic (exact) mass is 286 g/mol. The molecule has 1 unspecified atom stereocenters. The molecule has 0 heterocycles. The number of rotatable bonds is 6. The lowest BCUT2D eigenvalue weighted by molar-refractivity contribution is -0.384. The van der Waals surface area contributed by atoms with Gasteiger partial charge in [-0.05, 0) is 41.8 Å². The molecule has 0 aliphatic heterocycles. The van der Waals surface area contributed by atoms with Crippen LogP contribution >= 0.6 is 0 Å². The molecule has 110 valence electrons. The summed E-state index contributed by atoms with van der Waals surface area (Å²) in [7, 11) is 0. The molecule has 0 saturated carbocycles. The van der Waals surface area contributed by atoms with Crippen LogP contribution in [0, 0.1) is 10.1 Å². The van der Waals surface area contributed by atoms with Crippen molar-refractivity contribution in [3.05, 3.63) is 69.8 Å². The van der Waals surface area contributed by atoms with Gasteiger partial charge in [0, 0.05) is 18.2 Å². The normalized spacial score (nSPS) is 11.9. The summed E-state index contributed by atoms with van der Waals surface area (Å²) in [6.45, 7) is 2.42. The van der Waals surface area contributed by atoms with Crippen LogP contribution in [0.3, 0.4) is 0 Å². The van der Waals surface area contributed by atoms with Crippen molar-refractivity contribution in [1.82, 2.24) is 0 Å². The number of hydrogen-bond donors (Lipinski definition) is 1. The van der Waals surface area contributed by atoms with Crippen molar-refractivity contribution >= 4 is 5.69 Å². The van der Waals surface area contributed by atoms with E-state index in [1.165, 1.54) is 12.1 Å². The molecule has 5 nitrogen and oxygen atoms in total. The second-order valence-corrected chi connectivity index (χ2v) is 4.80. The first-order chi connectivity index (χ1) is 10.1. The highest BCUT2D eigenvalue weighted by molar-refractivity contribution is 5.33. The Labute approximate surface area is 123 Å². The summed E-state index contributed by atoms with van der Waals surface area (Å²) in [5.74, 6) is 0.750. The van der Waals surface area contributed by atoms with Crippen molar-refractivity contribution in [3.63, 3.8) is 0 Å². The third-order valence-electron chi connectivity index (χ3n) is 3.30. The molecule has 0 spiro atoms. The van der Waals surface area contributed by atoms with E-state index in [1.54, 1.807) is 12.1 Å². The van der Waals surface area contributed by atoms with E-state index in [0.29, 0.717) is 6.61 Å². The van der Waals surface area contributed by atoms with E-state index < -0.39 is 4.92 Å². The molecule has 2 N–H and O–H groups in total. The lowest BCUT2D eigenvalue weighted by atomic mass is 10.1. The number of benzene rings is 2. The number of nitrogens with zero attached hydrogens (tertiary/aromatic N) is 1. The van der Waals surface area contributed by atoms with Crippen LogP contribution in [0.2, 0.25) is 0 Å². The van der Waals surface area contributed by atoms with Gasteiger partial charge in [-0.3, -0.25) is 10.1 Å². The maximum absolute atomic E-state index is 10.6. The van der Waals surface area contributed by atoms with Gasteiger partial charge in [-0.25, -0.2) is 0 Å². The van der Waals surface area contributed by atoms with E-state index in [0.717, 1.165) is 23.3 Å². The van der Waals surface area contributed by atoms with Crippen molar-refractivity contribution in [2.75, 3.05) is 0 Å². The minimum Gasteiger partial charge on any atom is -0.489 e.